The smallest absolute Gasteiger partial charge is 0.196 e. The zero-order chi connectivity index (χ0) is 17.5. The predicted octanol–water partition coefficient (Wildman–Crippen LogP) is 4.51. The van der Waals surface area contributed by atoms with Gasteiger partial charge >= 0.3 is 0 Å². The summed E-state index contributed by atoms with van der Waals surface area (Å²) in [5.41, 5.74) is 1.86. The molecule has 0 radical (unpaired) electrons. The molecule has 0 heterocycles. The third kappa shape index (κ3) is 4.28. The molecule has 3 nitrogen and oxygen atoms in total. The van der Waals surface area contributed by atoms with E-state index in [-0.39, 0.29) is 18.2 Å². The van der Waals surface area contributed by atoms with Crippen LogP contribution in [0.15, 0.2) is 91.0 Å². The highest BCUT2D eigenvalue weighted by Gasteiger charge is 2.23. The largest absolute Gasteiger partial charge is 0.357 e. The maximum Gasteiger partial charge on any atom is 0.196 e. The number of ketones is 2. The number of hydrogen-bond donors (Lipinski definition) is 0. The molecule has 3 aromatic carbocycles. The molecule has 0 saturated carbocycles. The van der Waals surface area contributed by atoms with Gasteiger partial charge in [-0.25, -0.2) is 0 Å². The zero-order valence-electron chi connectivity index (χ0n) is 13.7. The van der Waals surface area contributed by atoms with Crippen molar-refractivity contribution in [3.8, 4) is 0 Å². The minimum Gasteiger partial charge on any atom is -0.357 e. The van der Waals surface area contributed by atoms with Crippen LogP contribution in [0.25, 0.3) is 0 Å². The Bertz CT molecular complexity index is 827. The predicted molar refractivity (Wildman–Crippen MR) is 96.7 cm³/mol. The van der Waals surface area contributed by atoms with Crippen LogP contribution in [0.5, 0.6) is 0 Å². The van der Waals surface area contributed by atoms with Crippen molar-refractivity contribution in [2.75, 3.05) is 6.61 Å². The topological polar surface area (TPSA) is 43.4 Å². The van der Waals surface area contributed by atoms with Crippen molar-refractivity contribution in [3.63, 3.8) is 0 Å². The summed E-state index contributed by atoms with van der Waals surface area (Å²) in [6, 6.07) is 27.2. The van der Waals surface area contributed by atoms with E-state index in [1.807, 2.05) is 54.6 Å². The second-order valence-corrected chi connectivity index (χ2v) is 5.62. The average Bonchev–Trinajstić information content (AvgIpc) is 2.70. The molecular weight excluding hydrogens is 312 g/mol. The summed E-state index contributed by atoms with van der Waals surface area (Å²) in [7, 11) is 0. The van der Waals surface area contributed by atoms with Gasteiger partial charge in [-0.2, -0.15) is 0 Å². The first-order valence-electron chi connectivity index (χ1n) is 8.10. The lowest BCUT2D eigenvalue weighted by atomic mass is 10.00. The van der Waals surface area contributed by atoms with Crippen LogP contribution in [0.2, 0.25) is 0 Å². The van der Waals surface area contributed by atoms with Crippen LogP contribution in [0.1, 0.15) is 32.4 Å². The monoisotopic (exact) mass is 330 g/mol. The van der Waals surface area contributed by atoms with E-state index < -0.39 is 6.10 Å². The molecule has 0 fully saturated rings. The molecule has 124 valence electrons. The van der Waals surface area contributed by atoms with E-state index in [0.717, 1.165) is 5.56 Å². The lowest BCUT2D eigenvalue weighted by Crippen LogP contribution is -2.20. The summed E-state index contributed by atoms with van der Waals surface area (Å²) in [5.74, 6) is -0.310. The fraction of sp³-hybridized carbons (Fsp3) is 0.0909. The van der Waals surface area contributed by atoms with Crippen LogP contribution in [-0.2, 0) is 4.74 Å². The fourth-order valence-electron chi connectivity index (χ4n) is 2.57. The second-order valence-electron chi connectivity index (χ2n) is 5.62. The molecule has 1 atom stereocenters. The van der Waals surface area contributed by atoms with Crippen LogP contribution in [0.3, 0.4) is 0 Å². The van der Waals surface area contributed by atoms with E-state index in [2.05, 4.69) is 0 Å². The zero-order valence-corrected chi connectivity index (χ0v) is 13.7. The van der Waals surface area contributed by atoms with Gasteiger partial charge in [-0.3, -0.25) is 9.59 Å². The first-order chi connectivity index (χ1) is 12.3. The Morgan fingerprint density at radius 2 is 1.16 bits per heavy atom. The normalized spacial score (nSPS) is 11.7. The molecule has 0 aliphatic rings. The number of hydrogen-bond acceptors (Lipinski definition) is 3. The van der Waals surface area contributed by atoms with E-state index in [1.165, 1.54) is 0 Å². The van der Waals surface area contributed by atoms with Gasteiger partial charge in [-0.1, -0.05) is 91.0 Å². The first-order valence-corrected chi connectivity index (χ1v) is 8.10. The third-order valence-corrected chi connectivity index (χ3v) is 3.88. The van der Waals surface area contributed by atoms with Gasteiger partial charge in [-0.15, -0.1) is 0 Å². The van der Waals surface area contributed by atoms with Crippen molar-refractivity contribution in [3.05, 3.63) is 108 Å². The highest BCUT2D eigenvalue weighted by atomic mass is 16.5. The lowest BCUT2D eigenvalue weighted by Gasteiger charge is -2.17. The van der Waals surface area contributed by atoms with Gasteiger partial charge in [0, 0.05) is 11.1 Å². The minimum atomic E-state index is -0.809. The van der Waals surface area contributed by atoms with Crippen LogP contribution in [0, 0.1) is 0 Å². The number of benzene rings is 3. The molecule has 3 rings (SSSR count). The molecule has 0 amide bonds. The molecular formula is C22H18O3. The molecule has 25 heavy (non-hydrogen) atoms. The number of Topliss-reactive ketones (excluding diaryl/α,β-unsaturated/α-hetero) is 2. The maximum absolute atomic E-state index is 12.9. The Morgan fingerprint density at radius 3 is 1.72 bits per heavy atom. The van der Waals surface area contributed by atoms with Crippen molar-refractivity contribution < 1.29 is 14.3 Å². The Balaban J connectivity index is 1.80. The highest BCUT2D eigenvalue weighted by molar-refractivity contribution is 6.01. The fourth-order valence-corrected chi connectivity index (χ4v) is 2.57. The lowest BCUT2D eigenvalue weighted by molar-refractivity contribution is 0.0387. The van der Waals surface area contributed by atoms with Crippen molar-refractivity contribution >= 4 is 11.6 Å². The van der Waals surface area contributed by atoms with Gasteiger partial charge < -0.3 is 4.74 Å². The van der Waals surface area contributed by atoms with E-state index in [9.17, 15) is 9.59 Å². The van der Waals surface area contributed by atoms with Crippen LogP contribution in [0.4, 0.5) is 0 Å². The summed E-state index contributed by atoms with van der Waals surface area (Å²) < 4.78 is 5.76. The quantitative estimate of drug-likeness (QED) is 0.599. The summed E-state index contributed by atoms with van der Waals surface area (Å²) in [6.45, 7) is -0.151. The van der Waals surface area contributed by atoms with Gasteiger partial charge in [0.05, 0.1) is 0 Å². The molecule has 0 aromatic heterocycles. The maximum atomic E-state index is 12.9. The standard InChI is InChI=1S/C22H18O3/c23-20(17-10-4-1-5-11-17)16-25-22(19-14-8-3-9-15-19)21(24)18-12-6-2-7-13-18/h1-15,22H,16H2. The molecule has 3 heteroatoms. The molecule has 0 aliphatic carbocycles. The molecule has 0 N–H and O–H groups in total. The van der Waals surface area contributed by atoms with Gasteiger partial charge in [0.25, 0.3) is 0 Å². The Kier molecular flexibility index (Phi) is 5.50. The van der Waals surface area contributed by atoms with E-state index in [0.29, 0.717) is 11.1 Å². The SMILES string of the molecule is O=C(COC(C(=O)c1ccccc1)c1ccccc1)c1ccccc1. The summed E-state index contributed by atoms with van der Waals surface area (Å²) in [5, 5.41) is 0. The van der Waals surface area contributed by atoms with E-state index >= 15 is 0 Å². The highest BCUT2D eigenvalue weighted by Crippen LogP contribution is 2.22. The molecule has 1 unspecified atom stereocenters. The van der Waals surface area contributed by atoms with E-state index in [4.69, 9.17) is 4.74 Å². The van der Waals surface area contributed by atoms with Crippen molar-refractivity contribution in [1.82, 2.24) is 0 Å². The number of ether oxygens (including phenoxy) is 1. The van der Waals surface area contributed by atoms with Gasteiger partial charge in [0.1, 0.15) is 12.7 Å². The Hall–Kier alpha value is -3.04. The molecule has 0 aliphatic heterocycles. The van der Waals surface area contributed by atoms with E-state index in [1.54, 1.807) is 36.4 Å². The Morgan fingerprint density at radius 1 is 0.680 bits per heavy atom. The van der Waals surface area contributed by atoms with Gasteiger partial charge in [0.2, 0.25) is 0 Å². The number of carbonyl (C=O) groups is 2. The van der Waals surface area contributed by atoms with Crippen molar-refractivity contribution in [1.29, 1.82) is 0 Å². The first kappa shape index (κ1) is 16.8. The average molecular weight is 330 g/mol. The molecule has 0 spiro atoms. The van der Waals surface area contributed by atoms with Crippen molar-refractivity contribution in [2.45, 2.75) is 6.10 Å². The summed E-state index contributed by atoms with van der Waals surface area (Å²) in [4.78, 5) is 25.2. The number of rotatable bonds is 7. The van der Waals surface area contributed by atoms with Crippen molar-refractivity contribution in [2.24, 2.45) is 0 Å². The molecule has 0 saturated heterocycles. The summed E-state index contributed by atoms with van der Waals surface area (Å²) >= 11 is 0. The van der Waals surface area contributed by atoms with Gasteiger partial charge in [0.15, 0.2) is 11.6 Å². The second kappa shape index (κ2) is 8.18. The minimum absolute atomic E-state index is 0.151. The molecule has 3 aromatic rings. The van der Waals surface area contributed by atoms with Gasteiger partial charge in [-0.05, 0) is 5.56 Å². The van der Waals surface area contributed by atoms with Crippen LogP contribution in [-0.4, -0.2) is 18.2 Å². The summed E-state index contributed by atoms with van der Waals surface area (Å²) in [6.07, 6.45) is -0.809. The molecule has 0 bridgehead atoms. The number of carbonyl (C=O) groups excluding carboxylic acids is 2. The van der Waals surface area contributed by atoms with Crippen LogP contribution >= 0.6 is 0 Å². The third-order valence-electron chi connectivity index (χ3n) is 3.88. The Labute approximate surface area is 146 Å². The van der Waals surface area contributed by atoms with Crippen LogP contribution < -0.4 is 0 Å².